The highest BCUT2D eigenvalue weighted by Crippen LogP contribution is 2.31. The van der Waals surface area contributed by atoms with Crippen molar-refractivity contribution in [1.29, 1.82) is 0 Å². The van der Waals surface area contributed by atoms with Gasteiger partial charge >= 0.3 is 0 Å². The second kappa shape index (κ2) is 6.14. The normalized spacial score (nSPS) is 10.9. The van der Waals surface area contributed by atoms with Crippen LogP contribution in [0.5, 0.6) is 0 Å². The highest BCUT2D eigenvalue weighted by Gasteiger charge is 2.09. The number of benzene rings is 2. The number of aromatic nitrogens is 2. The average molecular weight is 351 g/mol. The summed E-state index contributed by atoms with van der Waals surface area (Å²) >= 11 is 3.08. The van der Waals surface area contributed by atoms with Gasteiger partial charge in [0.2, 0.25) is 0 Å². The summed E-state index contributed by atoms with van der Waals surface area (Å²) < 4.78 is 1.19. The number of nitrogens with one attached hydrogen (secondary N) is 1. The molecule has 0 radical (unpaired) electrons. The van der Waals surface area contributed by atoms with Crippen LogP contribution < -0.4 is 5.32 Å². The summed E-state index contributed by atoms with van der Waals surface area (Å²) in [6, 6.07) is 14.0. The van der Waals surface area contributed by atoms with Crippen molar-refractivity contribution in [2.45, 2.75) is 6.92 Å². The number of anilines is 1. The molecule has 0 spiro atoms. The molecule has 2 heterocycles. The van der Waals surface area contributed by atoms with Gasteiger partial charge in [-0.25, -0.2) is 9.97 Å². The van der Waals surface area contributed by atoms with Crippen LogP contribution in [0.2, 0.25) is 0 Å². The molecule has 0 saturated carbocycles. The van der Waals surface area contributed by atoms with Gasteiger partial charge in [0, 0.05) is 16.6 Å². The zero-order valence-electron chi connectivity index (χ0n) is 12.8. The number of thiazole rings is 2. The maximum absolute atomic E-state index is 12.0. The molecule has 2 aromatic heterocycles. The highest BCUT2D eigenvalue weighted by atomic mass is 32.1. The van der Waals surface area contributed by atoms with E-state index in [0.29, 0.717) is 5.69 Å². The molecular weight excluding hydrogens is 338 g/mol. The van der Waals surface area contributed by atoms with Crippen LogP contribution in [0.4, 0.5) is 5.69 Å². The smallest absolute Gasteiger partial charge is 0.275 e. The van der Waals surface area contributed by atoms with Crippen molar-refractivity contribution in [1.82, 2.24) is 9.97 Å². The Hall–Kier alpha value is -2.57. The predicted octanol–water partition coefficient (Wildman–Crippen LogP) is 4.98. The zero-order chi connectivity index (χ0) is 16.5. The van der Waals surface area contributed by atoms with Crippen LogP contribution in [0.25, 0.3) is 20.8 Å². The fourth-order valence-electron chi connectivity index (χ4n) is 2.37. The molecule has 4 nitrogen and oxygen atoms in total. The Balaban J connectivity index is 1.57. The molecule has 1 N–H and O–H groups in total. The maximum atomic E-state index is 12.0. The Kier molecular flexibility index (Phi) is 3.84. The van der Waals surface area contributed by atoms with Crippen molar-refractivity contribution < 1.29 is 4.79 Å². The Morgan fingerprint density at radius 2 is 1.96 bits per heavy atom. The molecule has 0 unspecified atom stereocenters. The van der Waals surface area contributed by atoms with Gasteiger partial charge in [0.15, 0.2) is 0 Å². The SMILES string of the molecule is Cc1ccc2nc(-c3ccc(NC(=O)c4cscn4)cc3)sc2c1. The molecule has 118 valence electrons. The van der Waals surface area contributed by atoms with Crippen LogP contribution in [0.3, 0.4) is 0 Å². The minimum atomic E-state index is -0.195. The summed E-state index contributed by atoms with van der Waals surface area (Å²) in [6.45, 7) is 2.08. The third-order valence-corrected chi connectivity index (χ3v) is 5.25. The Morgan fingerprint density at radius 1 is 1.12 bits per heavy atom. The summed E-state index contributed by atoms with van der Waals surface area (Å²) in [5.41, 5.74) is 6.12. The Bertz CT molecular complexity index is 1000. The highest BCUT2D eigenvalue weighted by molar-refractivity contribution is 7.21. The number of carbonyl (C=O) groups is 1. The van der Waals surface area contributed by atoms with Gasteiger partial charge in [-0.15, -0.1) is 22.7 Å². The molecule has 0 aliphatic heterocycles. The van der Waals surface area contributed by atoms with Crippen molar-refractivity contribution in [3.05, 3.63) is 64.6 Å². The van der Waals surface area contributed by atoms with E-state index in [1.54, 1.807) is 22.2 Å². The predicted molar refractivity (Wildman–Crippen MR) is 99.9 cm³/mol. The molecular formula is C18H13N3OS2. The quantitative estimate of drug-likeness (QED) is 0.566. The molecule has 4 aromatic rings. The number of amides is 1. The van der Waals surface area contributed by atoms with E-state index in [1.165, 1.54) is 21.6 Å². The standard InChI is InChI=1S/C18H13N3OS2/c1-11-2-7-14-16(8-11)24-18(21-14)12-3-5-13(6-4-12)20-17(22)15-9-23-10-19-15/h2-10H,1H3,(H,20,22). The fraction of sp³-hybridized carbons (Fsp3) is 0.0556. The minimum absolute atomic E-state index is 0.195. The fourth-order valence-corrected chi connectivity index (χ4v) is 3.97. The minimum Gasteiger partial charge on any atom is -0.321 e. The molecule has 24 heavy (non-hydrogen) atoms. The monoisotopic (exact) mass is 351 g/mol. The van der Waals surface area contributed by atoms with E-state index < -0.39 is 0 Å². The molecule has 4 rings (SSSR count). The first kappa shape index (κ1) is 15.0. The van der Waals surface area contributed by atoms with Crippen LogP contribution in [-0.2, 0) is 0 Å². The number of fused-ring (bicyclic) bond motifs is 1. The van der Waals surface area contributed by atoms with Crippen LogP contribution in [0, 0.1) is 6.92 Å². The lowest BCUT2D eigenvalue weighted by Gasteiger charge is -2.04. The van der Waals surface area contributed by atoms with Crippen molar-refractivity contribution in [2.24, 2.45) is 0 Å². The molecule has 0 saturated heterocycles. The number of hydrogen-bond acceptors (Lipinski definition) is 5. The second-order valence-electron chi connectivity index (χ2n) is 5.40. The summed E-state index contributed by atoms with van der Waals surface area (Å²) in [7, 11) is 0. The molecule has 0 bridgehead atoms. The maximum Gasteiger partial charge on any atom is 0.275 e. The Morgan fingerprint density at radius 3 is 2.71 bits per heavy atom. The number of nitrogens with zero attached hydrogens (tertiary/aromatic N) is 2. The molecule has 0 aliphatic carbocycles. The van der Waals surface area contributed by atoms with Crippen LogP contribution in [0.1, 0.15) is 16.1 Å². The van der Waals surface area contributed by atoms with E-state index in [1.807, 2.05) is 30.3 Å². The van der Waals surface area contributed by atoms with Gasteiger partial charge in [-0.1, -0.05) is 6.07 Å². The van der Waals surface area contributed by atoms with E-state index in [0.717, 1.165) is 21.8 Å². The lowest BCUT2D eigenvalue weighted by atomic mass is 10.2. The number of rotatable bonds is 3. The molecule has 0 fully saturated rings. The molecule has 0 aliphatic rings. The Labute approximate surface area is 146 Å². The van der Waals surface area contributed by atoms with Crippen LogP contribution >= 0.6 is 22.7 Å². The average Bonchev–Trinajstić information content (AvgIpc) is 3.24. The second-order valence-corrected chi connectivity index (χ2v) is 7.14. The molecule has 2 aromatic carbocycles. The lowest BCUT2D eigenvalue weighted by Crippen LogP contribution is -2.11. The molecule has 1 amide bonds. The van der Waals surface area contributed by atoms with Gasteiger partial charge < -0.3 is 5.32 Å². The number of aryl methyl sites for hydroxylation is 1. The van der Waals surface area contributed by atoms with Crippen LogP contribution in [0.15, 0.2) is 53.4 Å². The topological polar surface area (TPSA) is 54.9 Å². The molecule has 0 atom stereocenters. The van der Waals surface area contributed by atoms with Gasteiger partial charge in [-0.3, -0.25) is 4.79 Å². The van der Waals surface area contributed by atoms with Gasteiger partial charge in [-0.05, 0) is 48.9 Å². The largest absolute Gasteiger partial charge is 0.321 e. The van der Waals surface area contributed by atoms with E-state index in [9.17, 15) is 4.79 Å². The van der Waals surface area contributed by atoms with E-state index in [-0.39, 0.29) is 5.91 Å². The van der Waals surface area contributed by atoms with E-state index >= 15 is 0 Å². The first-order chi connectivity index (χ1) is 11.7. The van der Waals surface area contributed by atoms with Gasteiger partial charge in [0.05, 0.1) is 15.7 Å². The lowest BCUT2D eigenvalue weighted by molar-refractivity contribution is 0.102. The van der Waals surface area contributed by atoms with E-state index in [4.69, 9.17) is 0 Å². The van der Waals surface area contributed by atoms with Crippen molar-refractivity contribution in [3.63, 3.8) is 0 Å². The van der Waals surface area contributed by atoms with Gasteiger partial charge in [0.25, 0.3) is 5.91 Å². The van der Waals surface area contributed by atoms with Crippen molar-refractivity contribution in [3.8, 4) is 10.6 Å². The third kappa shape index (κ3) is 2.93. The third-order valence-electron chi connectivity index (χ3n) is 3.60. The van der Waals surface area contributed by atoms with Crippen molar-refractivity contribution >= 4 is 44.5 Å². The number of carbonyl (C=O) groups excluding carboxylic acids is 1. The summed E-state index contributed by atoms with van der Waals surface area (Å²) in [5, 5.41) is 5.55. The van der Waals surface area contributed by atoms with Crippen LogP contribution in [-0.4, -0.2) is 15.9 Å². The number of hydrogen-bond donors (Lipinski definition) is 1. The van der Waals surface area contributed by atoms with E-state index in [2.05, 4.69) is 34.3 Å². The summed E-state index contributed by atoms with van der Waals surface area (Å²) in [6.07, 6.45) is 0. The first-order valence-electron chi connectivity index (χ1n) is 7.36. The van der Waals surface area contributed by atoms with Crippen molar-refractivity contribution in [2.75, 3.05) is 5.32 Å². The van der Waals surface area contributed by atoms with Gasteiger partial charge in [0.1, 0.15) is 10.7 Å². The molecule has 6 heteroatoms. The van der Waals surface area contributed by atoms with Gasteiger partial charge in [-0.2, -0.15) is 0 Å². The first-order valence-corrected chi connectivity index (χ1v) is 9.12. The summed E-state index contributed by atoms with van der Waals surface area (Å²) in [5.74, 6) is -0.195. The zero-order valence-corrected chi connectivity index (χ0v) is 14.4. The summed E-state index contributed by atoms with van der Waals surface area (Å²) in [4.78, 5) is 20.7.